The van der Waals surface area contributed by atoms with Gasteiger partial charge in [-0.2, -0.15) is 0 Å². The third-order valence-electron chi connectivity index (χ3n) is 4.80. The van der Waals surface area contributed by atoms with Crippen LogP contribution in [-0.2, 0) is 23.7 Å². The number of rotatable bonds is 6. The SMILES string of the molecule is CC(C)(C)c1ccc(Oc2ccc(C(C)(C)C)cc2CCBr)c(CCBr)c1. The van der Waals surface area contributed by atoms with Gasteiger partial charge in [0.2, 0.25) is 0 Å². The maximum absolute atomic E-state index is 6.44. The number of hydrogen-bond donors (Lipinski definition) is 0. The average Bonchev–Trinajstić information content (AvgIpc) is 2.56. The fourth-order valence-electron chi connectivity index (χ4n) is 3.00. The maximum Gasteiger partial charge on any atom is 0.130 e. The summed E-state index contributed by atoms with van der Waals surface area (Å²) in [6.07, 6.45) is 1.90. The number of ether oxygens (including phenoxy) is 1. The zero-order valence-electron chi connectivity index (χ0n) is 17.5. The third-order valence-corrected chi connectivity index (χ3v) is 5.59. The lowest BCUT2D eigenvalue weighted by Crippen LogP contribution is -2.12. The van der Waals surface area contributed by atoms with Crippen LogP contribution in [-0.4, -0.2) is 10.7 Å². The molecule has 0 spiro atoms. The minimum absolute atomic E-state index is 0.134. The van der Waals surface area contributed by atoms with Crippen LogP contribution in [0.15, 0.2) is 36.4 Å². The van der Waals surface area contributed by atoms with Gasteiger partial charge in [-0.15, -0.1) is 0 Å². The van der Waals surface area contributed by atoms with E-state index in [1.807, 2.05) is 0 Å². The Morgan fingerprint density at radius 3 is 1.33 bits per heavy atom. The molecule has 1 nitrogen and oxygen atoms in total. The monoisotopic (exact) mass is 494 g/mol. The second-order valence-corrected chi connectivity index (χ2v) is 10.7. The highest BCUT2D eigenvalue weighted by Gasteiger charge is 2.19. The molecule has 3 heteroatoms. The van der Waals surface area contributed by atoms with E-state index in [1.54, 1.807) is 0 Å². The second kappa shape index (κ2) is 9.13. The Kier molecular flexibility index (Phi) is 7.61. The first-order chi connectivity index (χ1) is 12.6. The summed E-state index contributed by atoms with van der Waals surface area (Å²) in [5.74, 6) is 1.92. The van der Waals surface area contributed by atoms with Crippen molar-refractivity contribution in [3.63, 3.8) is 0 Å². The van der Waals surface area contributed by atoms with Crippen molar-refractivity contribution in [3.05, 3.63) is 58.7 Å². The van der Waals surface area contributed by atoms with E-state index in [0.29, 0.717) is 0 Å². The van der Waals surface area contributed by atoms with Crippen LogP contribution in [0.2, 0.25) is 0 Å². The Balaban J connectivity index is 2.43. The van der Waals surface area contributed by atoms with Crippen molar-refractivity contribution < 1.29 is 4.74 Å². The first kappa shape index (κ1) is 22.5. The van der Waals surface area contributed by atoms with Gasteiger partial charge >= 0.3 is 0 Å². The fraction of sp³-hybridized carbons (Fsp3) is 0.500. The van der Waals surface area contributed by atoms with Gasteiger partial charge in [0, 0.05) is 10.7 Å². The smallest absolute Gasteiger partial charge is 0.130 e. The largest absolute Gasteiger partial charge is 0.457 e. The Morgan fingerprint density at radius 1 is 0.667 bits per heavy atom. The number of hydrogen-bond acceptors (Lipinski definition) is 1. The molecule has 27 heavy (non-hydrogen) atoms. The summed E-state index contributed by atoms with van der Waals surface area (Å²) in [5.41, 5.74) is 5.46. The normalized spacial score (nSPS) is 12.3. The van der Waals surface area contributed by atoms with Gasteiger partial charge in [0.15, 0.2) is 0 Å². The van der Waals surface area contributed by atoms with Gasteiger partial charge in [0.05, 0.1) is 0 Å². The molecule has 0 atom stereocenters. The molecule has 2 aromatic carbocycles. The molecule has 0 saturated carbocycles. The lowest BCUT2D eigenvalue weighted by molar-refractivity contribution is 0.469. The van der Waals surface area contributed by atoms with Gasteiger partial charge in [-0.1, -0.05) is 97.7 Å². The number of alkyl halides is 2. The quantitative estimate of drug-likeness (QED) is 0.369. The van der Waals surface area contributed by atoms with Crippen molar-refractivity contribution in [1.82, 2.24) is 0 Å². The Labute approximate surface area is 182 Å². The van der Waals surface area contributed by atoms with Crippen LogP contribution in [0.3, 0.4) is 0 Å². The van der Waals surface area contributed by atoms with E-state index in [9.17, 15) is 0 Å². The molecule has 0 radical (unpaired) electrons. The Morgan fingerprint density at radius 2 is 1.04 bits per heavy atom. The van der Waals surface area contributed by atoms with Gasteiger partial charge in [0.1, 0.15) is 11.5 Å². The van der Waals surface area contributed by atoms with Crippen LogP contribution in [0, 0.1) is 0 Å². The molecule has 0 aliphatic rings. The number of halogens is 2. The summed E-state index contributed by atoms with van der Waals surface area (Å²) in [7, 11) is 0. The number of aryl methyl sites for hydroxylation is 2. The summed E-state index contributed by atoms with van der Waals surface area (Å²) in [5, 5.41) is 1.85. The topological polar surface area (TPSA) is 9.23 Å². The van der Waals surface area contributed by atoms with Crippen LogP contribution in [0.5, 0.6) is 11.5 Å². The summed E-state index contributed by atoms with van der Waals surface area (Å²) < 4.78 is 6.44. The van der Waals surface area contributed by atoms with Crippen molar-refractivity contribution in [2.45, 2.75) is 65.2 Å². The molecular formula is C24H32Br2O. The van der Waals surface area contributed by atoms with Gasteiger partial charge in [0.25, 0.3) is 0 Å². The van der Waals surface area contributed by atoms with Gasteiger partial charge in [-0.3, -0.25) is 0 Å². The van der Waals surface area contributed by atoms with E-state index in [0.717, 1.165) is 35.0 Å². The molecule has 0 aliphatic carbocycles. The molecule has 148 valence electrons. The molecule has 0 aliphatic heterocycles. The van der Waals surface area contributed by atoms with Crippen molar-refractivity contribution in [2.75, 3.05) is 10.7 Å². The van der Waals surface area contributed by atoms with Gasteiger partial charge in [-0.05, 0) is 58.1 Å². The van der Waals surface area contributed by atoms with E-state index in [4.69, 9.17) is 4.74 Å². The zero-order valence-corrected chi connectivity index (χ0v) is 20.6. The number of benzene rings is 2. The molecule has 2 rings (SSSR count). The average molecular weight is 496 g/mol. The van der Waals surface area contributed by atoms with Gasteiger partial charge in [-0.25, -0.2) is 0 Å². The van der Waals surface area contributed by atoms with Crippen molar-refractivity contribution in [3.8, 4) is 11.5 Å². The van der Waals surface area contributed by atoms with E-state index in [2.05, 4.69) is 110 Å². The molecular weight excluding hydrogens is 464 g/mol. The Hall–Kier alpha value is -0.800. The lowest BCUT2D eigenvalue weighted by atomic mass is 9.85. The summed E-state index contributed by atoms with van der Waals surface area (Å²) in [4.78, 5) is 0. The summed E-state index contributed by atoms with van der Waals surface area (Å²) in [6, 6.07) is 13.2. The molecule has 0 heterocycles. The molecule has 0 aromatic heterocycles. The van der Waals surface area contributed by atoms with Crippen molar-refractivity contribution in [1.29, 1.82) is 0 Å². The van der Waals surface area contributed by atoms with Gasteiger partial charge < -0.3 is 4.74 Å². The predicted octanol–water partition coefficient (Wildman–Crippen LogP) is 7.95. The van der Waals surface area contributed by atoms with Crippen LogP contribution >= 0.6 is 31.9 Å². The molecule has 0 N–H and O–H groups in total. The van der Waals surface area contributed by atoms with E-state index in [-0.39, 0.29) is 10.8 Å². The first-order valence-electron chi connectivity index (χ1n) is 9.63. The third kappa shape index (κ3) is 6.09. The van der Waals surface area contributed by atoms with Crippen molar-refractivity contribution >= 4 is 31.9 Å². The van der Waals surface area contributed by atoms with Crippen LogP contribution < -0.4 is 4.74 Å². The second-order valence-electron chi connectivity index (χ2n) is 9.13. The maximum atomic E-state index is 6.44. The summed E-state index contributed by atoms with van der Waals surface area (Å²) in [6.45, 7) is 13.5. The van der Waals surface area contributed by atoms with Crippen LogP contribution in [0.1, 0.15) is 63.8 Å². The van der Waals surface area contributed by atoms with Crippen molar-refractivity contribution in [2.24, 2.45) is 0 Å². The van der Waals surface area contributed by atoms with E-state index >= 15 is 0 Å². The minimum Gasteiger partial charge on any atom is -0.457 e. The lowest BCUT2D eigenvalue weighted by Gasteiger charge is -2.23. The van der Waals surface area contributed by atoms with Crippen LogP contribution in [0.4, 0.5) is 0 Å². The highest BCUT2D eigenvalue weighted by molar-refractivity contribution is 9.09. The fourth-order valence-corrected chi connectivity index (χ4v) is 3.86. The van der Waals surface area contributed by atoms with E-state index in [1.165, 1.54) is 22.3 Å². The molecule has 0 saturated heterocycles. The standard InChI is InChI=1S/C24H32Br2O/c1-23(2,3)19-7-9-21(17(15-19)11-13-25)27-22-10-8-20(24(4,5)6)16-18(22)12-14-26/h7-10,15-16H,11-14H2,1-6H3. The highest BCUT2D eigenvalue weighted by atomic mass is 79.9. The molecule has 2 aromatic rings. The Bertz CT molecular complexity index is 701. The molecule has 0 fully saturated rings. The molecule has 0 amide bonds. The molecule has 0 unspecified atom stereocenters. The van der Waals surface area contributed by atoms with E-state index < -0.39 is 0 Å². The summed E-state index contributed by atoms with van der Waals surface area (Å²) >= 11 is 7.18. The minimum atomic E-state index is 0.134. The first-order valence-corrected chi connectivity index (χ1v) is 11.9. The van der Waals surface area contributed by atoms with Crippen LogP contribution in [0.25, 0.3) is 0 Å². The molecule has 0 bridgehead atoms. The predicted molar refractivity (Wildman–Crippen MR) is 125 cm³/mol. The zero-order chi connectivity index (χ0) is 20.2. The highest BCUT2D eigenvalue weighted by Crippen LogP contribution is 2.35.